The fraction of sp³-hybridized carbons (Fsp3) is 0.385. The van der Waals surface area contributed by atoms with Gasteiger partial charge in [0, 0.05) is 46.5 Å². The van der Waals surface area contributed by atoms with Crippen molar-refractivity contribution >= 4 is 34.3 Å². The summed E-state index contributed by atoms with van der Waals surface area (Å²) in [6.07, 6.45) is 5.09. The van der Waals surface area contributed by atoms with Crippen molar-refractivity contribution in [3.8, 4) is 0 Å². The van der Waals surface area contributed by atoms with Gasteiger partial charge in [0.05, 0.1) is 0 Å². The van der Waals surface area contributed by atoms with Crippen LogP contribution in [0.4, 0.5) is 0 Å². The summed E-state index contributed by atoms with van der Waals surface area (Å²) in [6, 6.07) is 15.3. The fourth-order valence-electron chi connectivity index (χ4n) is 4.81. The lowest BCUT2D eigenvalue weighted by Crippen LogP contribution is -2.34. The highest BCUT2D eigenvalue weighted by Crippen LogP contribution is 2.49. The van der Waals surface area contributed by atoms with E-state index in [1.807, 2.05) is 24.3 Å². The van der Waals surface area contributed by atoms with Crippen molar-refractivity contribution in [2.45, 2.75) is 31.1 Å². The highest BCUT2D eigenvalue weighted by molar-refractivity contribution is 6.31. The lowest BCUT2D eigenvalue weighted by Gasteiger charge is -2.23. The van der Waals surface area contributed by atoms with Crippen LogP contribution in [0.15, 0.2) is 48.5 Å². The Kier molecular flexibility index (Phi) is 6.13. The van der Waals surface area contributed by atoms with Crippen molar-refractivity contribution in [2.75, 3.05) is 32.7 Å². The van der Waals surface area contributed by atoms with Crippen LogP contribution in [0.1, 0.15) is 52.1 Å². The van der Waals surface area contributed by atoms with E-state index in [1.54, 1.807) is 12.1 Å². The molecule has 2 aromatic carbocycles. The quantitative estimate of drug-likeness (QED) is 0.439. The summed E-state index contributed by atoms with van der Waals surface area (Å²) in [7, 11) is 0. The number of halogens is 1. The maximum atomic E-state index is 12.5. The van der Waals surface area contributed by atoms with E-state index in [4.69, 9.17) is 11.6 Å². The number of benzene rings is 2. The number of carbonyl (C=O) groups is 2. The molecule has 1 aliphatic heterocycles. The van der Waals surface area contributed by atoms with Crippen LogP contribution in [0.5, 0.6) is 0 Å². The number of nitrogens with zero attached hydrogens (tertiary/aromatic N) is 1. The third kappa shape index (κ3) is 4.92. The van der Waals surface area contributed by atoms with E-state index in [9.17, 15) is 9.59 Å². The summed E-state index contributed by atoms with van der Waals surface area (Å²) in [5, 5.41) is 7.23. The van der Waals surface area contributed by atoms with E-state index < -0.39 is 0 Å². The normalized spacial score (nSPS) is 17.2. The molecule has 3 N–H and O–H groups in total. The van der Waals surface area contributed by atoms with Crippen LogP contribution in [0.2, 0.25) is 5.02 Å². The molecule has 5 rings (SSSR count). The average Bonchev–Trinajstić information content (AvgIpc) is 3.20. The molecule has 7 heteroatoms. The van der Waals surface area contributed by atoms with Crippen molar-refractivity contribution in [1.29, 1.82) is 0 Å². The van der Waals surface area contributed by atoms with Crippen LogP contribution < -0.4 is 10.6 Å². The van der Waals surface area contributed by atoms with Crippen molar-refractivity contribution in [2.24, 2.45) is 0 Å². The Morgan fingerprint density at radius 3 is 2.33 bits per heavy atom. The van der Waals surface area contributed by atoms with Gasteiger partial charge in [-0.1, -0.05) is 23.7 Å². The number of fused-ring (bicyclic) bond motifs is 1. The van der Waals surface area contributed by atoms with Gasteiger partial charge in [0.1, 0.15) is 5.69 Å². The Balaban J connectivity index is 1.09. The highest BCUT2D eigenvalue weighted by atomic mass is 35.5. The van der Waals surface area contributed by atoms with E-state index in [0.717, 1.165) is 17.4 Å². The number of aromatic nitrogens is 1. The summed E-state index contributed by atoms with van der Waals surface area (Å²) in [4.78, 5) is 30.6. The van der Waals surface area contributed by atoms with Gasteiger partial charge in [-0.25, -0.2) is 0 Å². The summed E-state index contributed by atoms with van der Waals surface area (Å²) in [5.41, 5.74) is 3.61. The zero-order chi connectivity index (χ0) is 22.8. The van der Waals surface area contributed by atoms with Gasteiger partial charge < -0.3 is 20.5 Å². The highest BCUT2D eigenvalue weighted by Gasteiger charge is 2.45. The van der Waals surface area contributed by atoms with Gasteiger partial charge in [-0.2, -0.15) is 0 Å². The first kappa shape index (κ1) is 22.0. The number of hydrogen-bond donors (Lipinski definition) is 3. The SMILES string of the molecule is O=C(NCCNC(=O)c1cc2cc(Cl)ccc2[nH]1)c1ccc(C2(CN3CCCC3)CC2)cc1. The third-order valence-corrected chi connectivity index (χ3v) is 7.10. The molecule has 2 fully saturated rings. The van der Waals surface area contributed by atoms with Crippen LogP contribution in [0, 0.1) is 0 Å². The van der Waals surface area contributed by atoms with E-state index in [2.05, 4.69) is 32.7 Å². The number of carbonyl (C=O) groups excluding carboxylic acids is 2. The van der Waals surface area contributed by atoms with E-state index in [0.29, 0.717) is 29.4 Å². The summed E-state index contributed by atoms with van der Waals surface area (Å²) in [5.74, 6) is -0.339. The fourth-order valence-corrected chi connectivity index (χ4v) is 4.99. The molecule has 2 heterocycles. The van der Waals surface area contributed by atoms with E-state index >= 15 is 0 Å². The molecule has 2 amide bonds. The first-order chi connectivity index (χ1) is 16.0. The average molecular weight is 465 g/mol. The minimum atomic E-state index is -0.214. The Bertz CT molecular complexity index is 1160. The molecule has 1 saturated carbocycles. The third-order valence-electron chi connectivity index (χ3n) is 6.86. The molecule has 1 aromatic heterocycles. The molecule has 1 aliphatic carbocycles. The molecule has 0 spiro atoms. The second kappa shape index (κ2) is 9.20. The van der Waals surface area contributed by atoms with Crippen molar-refractivity contribution < 1.29 is 9.59 Å². The molecule has 172 valence electrons. The molecule has 0 unspecified atom stereocenters. The monoisotopic (exact) mass is 464 g/mol. The lowest BCUT2D eigenvalue weighted by molar-refractivity contribution is 0.0925. The molecule has 6 nitrogen and oxygen atoms in total. The smallest absolute Gasteiger partial charge is 0.267 e. The summed E-state index contributed by atoms with van der Waals surface area (Å²) >= 11 is 6.00. The van der Waals surface area contributed by atoms with Gasteiger partial charge in [0.2, 0.25) is 0 Å². The van der Waals surface area contributed by atoms with Crippen LogP contribution in [-0.2, 0) is 5.41 Å². The molecule has 0 bridgehead atoms. The van der Waals surface area contributed by atoms with Crippen molar-refractivity contribution in [3.63, 3.8) is 0 Å². The predicted molar refractivity (Wildman–Crippen MR) is 131 cm³/mol. The number of H-pyrrole nitrogens is 1. The minimum Gasteiger partial charge on any atom is -0.351 e. The standard InChI is InChI=1S/C26H29ClN4O2/c27-21-7-8-22-19(15-21)16-23(30-22)25(33)29-12-11-28-24(32)18-3-5-20(6-4-18)26(9-10-26)17-31-13-1-2-14-31/h3-8,15-16,30H,1-2,9-14,17H2,(H,28,32)(H,29,33). The predicted octanol–water partition coefficient (Wildman–Crippen LogP) is 4.11. The van der Waals surface area contributed by atoms with Crippen LogP contribution in [0.3, 0.4) is 0 Å². The van der Waals surface area contributed by atoms with Crippen LogP contribution in [-0.4, -0.2) is 54.4 Å². The van der Waals surface area contributed by atoms with Crippen molar-refractivity contribution in [1.82, 2.24) is 20.5 Å². The van der Waals surface area contributed by atoms with Gasteiger partial charge in [0.15, 0.2) is 0 Å². The molecular formula is C26H29ClN4O2. The Labute approximate surface area is 198 Å². The van der Waals surface area contributed by atoms with Crippen LogP contribution >= 0.6 is 11.6 Å². The molecule has 3 aromatic rings. The first-order valence-electron chi connectivity index (χ1n) is 11.7. The first-order valence-corrected chi connectivity index (χ1v) is 12.1. The van der Waals surface area contributed by atoms with Gasteiger partial charge in [-0.3, -0.25) is 9.59 Å². The molecule has 33 heavy (non-hydrogen) atoms. The van der Waals surface area contributed by atoms with Crippen molar-refractivity contribution in [3.05, 3.63) is 70.4 Å². The number of aromatic amines is 1. The summed E-state index contributed by atoms with van der Waals surface area (Å²) < 4.78 is 0. The molecule has 0 atom stereocenters. The molecule has 1 saturated heterocycles. The molecule has 2 aliphatic rings. The van der Waals surface area contributed by atoms with Gasteiger partial charge in [-0.05, 0) is 80.7 Å². The molecular weight excluding hydrogens is 436 g/mol. The maximum absolute atomic E-state index is 12.5. The minimum absolute atomic E-state index is 0.125. The lowest BCUT2D eigenvalue weighted by atomic mass is 9.94. The topological polar surface area (TPSA) is 77.2 Å². The van der Waals surface area contributed by atoms with E-state index in [1.165, 1.54) is 44.3 Å². The second-order valence-electron chi connectivity index (χ2n) is 9.27. The van der Waals surface area contributed by atoms with Gasteiger partial charge in [0.25, 0.3) is 11.8 Å². The van der Waals surface area contributed by atoms with E-state index in [-0.39, 0.29) is 17.2 Å². The Hall–Kier alpha value is -2.83. The number of hydrogen-bond acceptors (Lipinski definition) is 3. The Morgan fingerprint density at radius 2 is 1.64 bits per heavy atom. The number of amides is 2. The zero-order valence-corrected chi connectivity index (χ0v) is 19.4. The largest absolute Gasteiger partial charge is 0.351 e. The number of rotatable bonds is 8. The summed E-state index contributed by atoms with van der Waals surface area (Å²) in [6.45, 7) is 4.28. The second-order valence-corrected chi connectivity index (χ2v) is 9.70. The van der Waals surface area contributed by atoms with Gasteiger partial charge >= 0.3 is 0 Å². The number of nitrogens with one attached hydrogen (secondary N) is 3. The Morgan fingerprint density at radius 1 is 0.939 bits per heavy atom. The maximum Gasteiger partial charge on any atom is 0.267 e. The van der Waals surface area contributed by atoms with Crippen LogP contribution in [0.25, 0.3) is 10.9 Å². The number of likely N-dealkylation sites (tertiary alicyclic amines) is 1. The zero-order valence-electron chi connectivity index (χ0n) is 18.6. The van der Waals surface area contributed by atoms with Gasteiger partial charge in [-0.15, -0.1) is 0 Å². The molecule has 0 radical (unpaired) electrons.